The third-order valence-electron chi connectivity index (χ3n) is 3.47. The molecule has 18 heavy (non-hydrogen) atoms. The van der Waals surface area contributed by atoms with E-state index in [0.29, 0.717) is 18.8 Å². The van der Waals surface area contributed by atoms with Crippen LogP contribution in [-0.4, -0.2) is 35.6 Å². The molecule has 1 aliphatic heterocycles. The van der Waals surface area contributed by atoms with E-state index in [4.69, 9.17) is 5.11 Å². The van der Waals surface area contributed by atoms with Gasteiger partial charge in [0.15, 0.2) is 0 Å². The van der Waals surface area contributed by atoms with Gasteiger partial charge in [-0.15, -0.1) is 0 Å². The molecule has 0 saturated carbocycles. The average Bonchev–Trinajstić information content (AvgIpc) is 2.28. The van der Waals surface area contributed by atoms with Crippen LogP contribution in [0.5, 0.6) is 0 Å². The van der Waals surface area contributed by atoms with Crippen molar-refractivity contribution in [3.63, 3.8) is 0 Å². The van der Waals surface area contributed by atoms with Crippen LogP contribution in [0, 0.1) is 5.92 Å². The molecule has 0 aromatic carbocycles. The average molecular weight is 256 g/mol. The molecule has 1 saturated heterocycles. The highest BCUT2D eigenvalue weighted by molar-refractivity contribution is 5.82. The molecule has 5 nitrogen and oxygen atoms in total. The number of carboxylic acids is 1. The van der Waals surface area contributed by atoms with Crippen molar-refractivity contribution in [3.8, 4) is 0 Å². The van der Waals surface area contributed by atoms with Crippen molar-refractivity contribution < 1.29 is 14.7 Å². The molecule has 3 atom stereocenters. The number of carboxylic acid groups (broad SMARTS) is 1. The van der Waals surface area contributed by atoms with Crippen LogP contribution in [0.15, 0.2) is 0 Å². The number of nitrogens with one attached hydrogen (secondary N) is 2. The summed E-state index contributed by atoms with van der Waals surface area (Å²) in [6.07, 6.45) is 3.68. The molecule has 3 unspecified atom stereocenters. The first-order valence-electron chi connectivity index (χ1n) is 6.76. The molecule has 0 bridgehead atoms. The van der Waals surface area contributed by atoms with Crippen LogP contribution in [0.25, 0.3) is 0 Å². The van der Waals surface area contributed by atoms with Gasteiger partial charge in [0.25, 0.3) is 0 Å². The van der Waals surface area contributed by atoms with Gasteiger partial charge in [-0.25, -0.2) is 0 Å². The Morgan fingerprint density at radius 1 is 1.50 bits per heavy atom. The molecule has 0 spiro atoms. The van der Waals surface area contributed by atoms with Crippen LogP contribution in [0.3, 0.4) is 0 Å². The maximum atomic E-state index is 12.0. The van der Waals surface area contributed by atoms with E-state index in [-0.39, 0.29) is 24.4 Å². The Morgan fingerprint density at radius 2 is 2.22 bits per heavy atom. The highest BCUT2D eigenvalue weighted by Gasteiger charge is 2.27. The van der Waals surface area contributed by atoms with Crippen LogP contribution < -0.4 is 10.6 Å². The number of amides is 1. The lowest BCUT2D eigenvalue weighted by molar-refractivity contribution is -0.137. The summed E-state index contributed by atoms with van der Waals surface area (Å²) < 4.78 is 0. The van der Waals surface area contributed by atoms with Gasteiger partial charge in [0.05, 0.1) is 6.04 Å². The number of hydrogen-bond acceptors (Lipinski definition) is 3. The van der Waals surface area contributed by atoms with Crippen LogP contribution in [-0.2, 0) is 9.59 Å². The zero-order valence-corrected chi connectivity index (χ0v) is 11.2. The van der Waals surface area contributed by atoms with Crippen molar-refractivity contribution >= 4 is 11.9 Å². The second-order valence-corrected chi connectivity index (χ2v) is 5.25. The van der Waals surface area contributed by atoms with Crippen molar-refractivity contribution in [2.75, 3.05) is 6.54 Å². The smallest absolute Gasteiger partial charge is 0.303 e. The van der Waals surface area contributed by atoms with Crippen molar-refractivity contribution in [2.45, 2.75) is 58.0 Å². The topological polar surface area (TPSA) is 78.4 Å². The molecule has 104 valence electrons. The SMILES string of the molecule is CC(CCCC(=O)O)NC(=O)C1NCCCC1C. The Morgan fingerprint density at radius 3 is 2.83 bits per heavy atom. The second kappa shape index (κ2) is 7.36. The van der Waals surface area contributed by atoms with E-state index in [9.17, 15) is 9.59 Å². The lowest BCUT2D eigenvalue weighted by Gasteiger charge is -2.30. The largest absolute Gasteiger partial charge is 0.481 e. The third-order valence-corrected chi connectivity index (χ3v) is 3.47. The van der Waals surface area contributed by atoms with Crippen molar-refractivity contribution in [1.29, 1.82) is 0 Å². The van der Waals surface area contributed by atoms with E-state index >= 15 is 0 Å². The number of hydrogen-bond donors (Lipinski definition) is 3. The highest BCUT2D eigenvalue weighted by Crippen LogP contribution is 2.15. The summed E-state index contributed by atoms with van der Waals surface area (Å²) in [5.41, 5.74) is 0. The number of piperidine rings is 1. The molecule has 1 fully saturated rings. The molecule has 1 aliphatic rings. The van der Waals surface area contributed by atoms with Gasteiger partial charge in [0.1, 0.15) is 0 Å². The van der Waals surface area contributed by atoms with E-state index in [1.54, 1.807) is 0 Å². The van der Waals surface area contributed by atoms with Gasteiger partial charge in [-0.05, 0) is 45.1 Å². The summed E-state index contributed by atoms with van der Waals surface area (Å²) >= 11 is 0. The van der Waals surface area contributed by atoms with E-state index in [0.717, 1.165) is 19.4 Å². The van der Waals surface area contributed by atoms with E-state index in [2.05, 4.69) is 17.6 Å². The first-order valence-corrected chi connectivity index (χ1v) is 6.76. The summed E-state index contributed by atoms with van der Waals surface area (Å²) in [6.45, 7) is 4.91. The molecule has 1 rings (SSSR count). The first-order chi connectivity index (χ1) is 8.50. The molecule has 1 heterocycles. The van der Waals surface area contributed by atoms with Gasteiger partial charge in [-0.2, -0.15) is 0 Å². The van der Waals surface area contributed by atoms with Crippen LogP contribution in [0.4, 0.5) is 0 Å². The molecule has 0 radical (unpaired) electrons. The maximum Gasteiger partial charge on any atom is 0.303 e. The summed E-state index contributed by atoms with van der Waals surface area (Å²) in [5.74, 6) is -0.369. The van der Waals surface area contributed by atoms with E-state index in [1.807, 2.05) is 6.92 Å². The number of carbonyl (C=O) groups is 2. The Bertz CT molecular complexity index is 294. The minimum atomic E-state index is -0.781. The minimum absolute atomic E-state index is 0.0350. The first kappa shape index (κ1) is 15.0. The highest BCUT2D eigenvalue weighted by atomic mass is 16.4. The zero-order valence-electron chi connectivity index (χ0n) is 11.2. The summed E-state index contributed by atoms with van der Waals surface area (Å²) in [5, 5.41) is 14.8. The van der Waals surface area contributed by atoms with Gasteiger partial charge in [0.2, 0.25) is 5.91 Å². The lowest BCUT2D eigenvalue weighted by atomic mass is 9.92. The number of aliphatic carboxylic acids is 1. The molecule has 0 aromatic rings. The molecule has 3 N–H and O–H groups in total. The fourth-order valence-corrected chi connectivity index (χ4v) is 2.36. The van der Waals surface area contributed by atoms with Gasteiger partial charge in [-0.1, -0.05) is 6.92 Å². The normalized spacial score (nSPS) is 25.4. The Hall–Kier alpha value is -1.10. The molecule has 5 heteroatoms. The maximum absolute atomic E-state index is 12.0. The van der Waals surface area contributed by atoms with Crippen LogP contribution >= 0.6 is 0 Å². The summed E-state index contributed by atoms with van der Waals surface area (Å²) in [4.78, 5) is 22.4. The monoisotopic (exact) mass is 256 g/mol. The number of rotatable bonds is 6. The fourth-order valence-electron chi connectivity index (χ4n) is 2.36. The Balaban J connectivity index is 2.27. The van der Waals surface area contributed by atoms with E-state index in [1.165, 1.54) is 0 Å². The Labute approximate surface area is 108 Å². The molecule has 0 aliphatic carbocycles. The zero-order chi connectivity index (χ0) is 13.5. The fraction of sp³-hybridized carbons (Fsp3) is 0.846. The van der Waals surface area contributed by atoms with Crippen LogP contribution in [0.1, 0.15) is 46.0 Å². The van der Waals surface area contributed by atoms with Gasteiger partial charge >= 0.3 is 5.97 Å². The van der Waals surface area contributed by atoms with E-state index < -0.39 is 5.97 Å². The van der Waals surface area contributed by atoms with Crippen molar-refractivity contribution in [2.24, 2.45) is 5.92 Å². The number of carbonyl (C=O) groups excluding carboxylic acids is 1. The predicted molar refractivity (Wildman–Crippen MR) is 69.3 cm³/mol. The standard InChI is InChI=1S/C13H24N2O3/c1-9-5-4-8-14-12(9)13(18)15-10(2)6-3-7-11(16)17/h9-10,12,14H,3-8H2,1-2H3,(H,15,18)(H,16,17). The molecular formula is C13H24N2O3. The summed E-state index contributed by atoms with van der Waals surface area (Å²) in [6, 6.07) is -0.0616. The van der Waals surface area contributed by atoms with Gasteiger partial charge in [-0.3, -0.25) is 9.59 Å². The Kier molecular flexibility index (Phi) is 6.12. The summed E-state index contributed by atoms with van der Waals surface area (Å²) in [7, 11) is 0. The third kappa shape index (κ3) is 5.04. The van der Waals surface area contributed by atoms with Gasteiger partial charge in [0, 0.05) is 12.5 Å². The lowest BCUT2D eigenvalue weighted by Crippen LogP contribution is -2.52. The van der Waals surface area contributed by atoms with Crippen LogP contribution in [0.2, 0.25) is 0 Å². The molecular weight excluding hydrogens is 232 g/mol. The second-order valence-electron chi connectivity index (χ2n) is 5.25. The minimum Gasteiger partial charge on any atom is -0.481 e. The van der Waals surface area contributed by atoms with Crippen molar-refractivity contribution in [1.82, 2.24) is 10.6 Å². The van der Waals surface area contributed by atoms with Crippen molar-refractivity contribution in [3.05, 3.63) is 0 Å². The molecule has 0 aromatic heterocycles. The van der Waals surface area contributed by atoms with Gasteiger partial charge < -0.3 is 15.7 Å². The molecule has 1 amide bonds. The quantitative estimate of drug-likeness (QED) is 0.666. The predicted octanol–water partition coefficient (Wildman–Crippen LogP) is 1.13.